The van der Waals surface area contributed by atoms with Crippen molar-refractivity contribution >= 4 is 22.8 Å². The average molecular weight is 434 g/mol. The van der Waals surface area contributed by atoms with E-state index < -0.39 is 5.60 Å². The van der Waals surface area contributed by atoms with Crippen molar-refractivity contribution in [3.63, 3.8) is 0 Å². The van der Waals surface area contributed by atoms with Gasteiger partial charge in [0.1, 0.15) is 0 Å². The SMILES string of the molecule is C/C=C(/C)c1cc(NCC(C)(C)O)c2ncc(-c3ccc(C(=O)NC4CC4)c(C)c3)n2n1. The minimum absolute atomic E-state index is 0.0167. The monoisotopic (exact) mass is 433 g/mol. The van der Waals surface area contributed by atoms with Crippen molar-refractivity contribution in [3.8, 4) is 11.3 Å². The van der Waals surface area contributed by atoms with Gasteiger partial charge >= 0.3 is 0 Å². The van der Waals surface area contributed by atoms with Gasteiger partial charge in [0.25, 0.3) is 5.91 Å². The predicted octanol–water partition coefficient (Wildman–Crippen LogP) is 4.20. The fourth-order valence-corrected chi connectivity index (χ4v) is 3.52. The maximum absolute atomic E-state index is 12.5. The number of allylic oxidation sites excluding steroid dienone is 2. The number of aryl methyl sites for hydroxylation is 1. The molecule has 32 heavy (non-hydrogen) atoms. The molecule has 4 rings (SSSR count). The number of nitrogens with one attached hydrogen (secondary N) is 2. The second kappa shape index (κ2) is 8.39. The molecule has 1 fully saturated rings. The Hall–Kier alpha value is -3.19. The van der Waals surface area contributed by atoms with Gasteiger partial charge in [0.15, 0.2) is 5.65 Å². The van der Waals surface area contributed by atoms with Gasteiger partial charge in [0.2, 0.25) is 0 Å². The van der Waals surface area contributed by atoms with Gasteiger partial charge in [-0.3, -0.25) is 4.79 Å². The van der Waals surface area contributed by atoms with E-state index >= 15 is 0 Å². The Kier molecular flexibility index (Phi) is 5.77. The van der Waals surface area contributed by atoms with Gasteiger partial charge in [-0.15, -0.1) is 0 Å². The third-order valence-electron chi connectivity index (χ3n) is 5.70. The molecule has 1 saturated carbocycles. The summed E-state index contributed by atoms with van der Waals surface area (Å²) in [7, 11) is 0. The summed E-state index contributed by atoms with van der Waals surface area (Å²) in [6.07, 6.45) is 5.94. The lowest BCUT2D eigenvalue weighted by Gasteiger charge is -2.19. The number of carbonyl (C=O) groups is 1. The number of rotatable bonds is 7. The third-order valence-corrected chi connectivity index (χ3v) is 5.70. The molecule has 0 unspecified atom stereocenters. The molecule has 0 atom stereocenters. The molecule has 0 saturated heterocycles. The maximum atomic E-state index is 12.5. The zero-order chi connectivity index (χ0) is 23.0. The summed E-state index contributed by atoms with van der Waals surface area (Å²) in [5.74, 6) is -0.0167. The molecule has 0 bridgehead atoms. The lowest BCUT2D eigenvalue weighted by molar-refractivity contribution is 0.0940. The Morgan fingerprint density at radius 3 is 2.69 bits per heavy atom. The average Bonchev–Trinajstić information content (AvgIpc) is 3.45. The standard InChI is InChI=1S/C25H31N5O2/c1-6-15(2)20-12-21(27-14-25(4,5)32)23-26-13-22(30(23)29-20)17-7-10-19(16(3)11-17)24(31)28-18-8-9-18/h6-7,10-13,18,27,32H,8-9,14H2,1-5H3,(H,28,31)/b15-6-. The molecule has 1 aromatic carbocycles. The highest BCUT2D eigenvalue weighted by Crippen LogP contribution is 2.28. The first-order chi connectivity index (χ1) is 15.2. The van der Waals surface area contributed by atoms with E-state index in [4.69, 9.17) is 5.10 Å². The second-order valence-corrected chi connectivity index (χ2v) is 9.24. The number of aliphatic hydroxyl groups is 1. The summed E-state index contributed by atoms with van der Waals surface area (Å²) in [5, 5.41) is 21.4. The van der Waals surface area contributed by atoms with Crippen LogP contribution in [0.15, 0.2) is 36.5 Å². The zero-order valence-corrected chi connectivity index (χ0v) is 19.4. The van der Waals surface area contributed by atoms with Crippen LogP contribution in [0.1, 0.15) is 62.2 Å². The van der Waals surface area contributed by atoms with E-state index in [-0.39, 0.29) is 5.91 Å². The first kappa shape index (κ1) is 22.0. The predicted molar refractivity (Wildman–Crippen MR) is 128 cm³/mol. The van der Waals surface area contributed by atoms with E-state index in [0.29, 0.717) is 23.8 Å². The molecule has 1 aliphatic carbocycles. The molecular weight excluding hydrogens is 402 g/mol. The summed E-state index contributed by atoms with van der Waals surface area (Å²) in [6.45, 7) is 9.85. The number of nitrogens with zero attached hydrogens (tertiary/aromatic N) is 3. The topological polar surface area (TPSA) is 91.5 Å². The van der Waals surface area contributed by atoms with Crippen LogP contribution < -0.4 is 10.6 Å². The highest BCUT2D eigenvalue weighted by atomic mass is 16.3. The van der Waals surface area contributed by atoms with Crippen LogP contribution in [-0.4, -0.2) is 43.8 Å². The first-order valence-electron chi connectivity index (χ1n) is 11.1. The molecule has 1 aliphatic rings. The van der Waals surface area contributed by atoms with E-state index in [9.17, 15) is 9.90 Å². The van der Waals surface area contributed by atoms with Crippen LogP contribution in [0.4, 0.5) is 5.69 Å². The van der Waals surface area contributed by atoms with Crippen LogP contribution in [0.5, 0.6) is 0 Å². The molecule has 7 heteroatoms. The number of benzene rings is 1. The largest absolute Gasteiger partial charge is 0.389 e. The van der Waals surface area contributed by atoms with Crippen LogP contribution in [0.25, 0.3) is 22.5 Å². The molecule has 7 nitrogen and oxygen atoms in total. The minimum atomic E-state index is -0.862. The Labute approximate surface area is 188 Å². The number of anilines is 1. The van der Waals surface area contributed by atoms with Crippen LogP contribution in [0, 0.1) is 6.92 Å². The van der Waals surface area contributed by atoms with Gasteiger partial charge in [-0.1, -0.05) is 12.1 Å². The summed E-state index contributed by atoms with van der Waals surface area (Å²) in [6, 6.07) is 8.11. The smallest absolute Gasteiger partial charge is 0.251 e. The van der Waals surface area contributed by atoms with E-state index in [1.54, 1.807) is 20.0 Å². The number of hydrogen-bond acceptors (Lipinski definition) is 5. The van der Waals surface area contributed by atoms with Crippen LogP contribution in [0.2, 0.25) is 0 Å². The van der Waals surface area contributed by atoms with Crippen molar-refractivity contribution in [2.75, 3.05) is 11.9 Å². The Morgan fingerprint density at radius 2 is 2.06 bits per heavy atom. The lowest BCUT2D eigenvalue weighted by atomic mass is 10.0. The molecule has 2 aromatic heterocycles. The van der Waals surface area contributed by atoms with Crippen molar-refractivity contribution in [2.45, 2.75) is 59.1 Å². The van der Waals surface area contributed by atoms with E-state index in [2.05, 4.69) is 15.6 Å². The number of imidazole rings is 1. The number of hydrogen-bond donors (Lipinski definition) is 3. The van der Waals surface area contributed by atoms with Gasteiger partial charge in [0, 0.05) is 23.7 Å². The summed E-state index contributed by atoms with van der Waals surface area (Å²) in [4.78, 5) is 17.1. The highest BCUT2D eigenvalue weighted by molar-refractivity contribution is 5.96. The van der Waals surface area contributed by atoms with Crippen LogP contribution in [0.3, 0.4) is 0 Å². The van der Waals surface area contributed by atoms with Crippen molar-refractivity contribution in [2.24, 2.45) is 0 Å². The van der Waals surface area contributed by atoms with Gasteiger partial charge in [-0.05, 0) is 76.8 Å². The van der Waals surface area contributed by atoms with Gasteiger partial charge in [-0.25, -0.2) is 9.50 Å². The zero-order valence-electron chi connectivity index (χ0n) is 19.4. The van der Waals surface area contributed by atoms with Crippen molar-refractivity contribution in [1.82, 2.24) is 19.9 Å². The Balaban J connectivity index is 1.75. The Morgan fingerprint density at radius 1 is 1.31 bits per heavy atom. The van der Waals surface area contributed by atoms with Crippen molar-refractivity contribution in [1.29, 1.82) is 0 Å². The molecule has 0 spiro atoms. The summed E-state index contributed by atoms with van der Waals surface area (Å²) >= 11 is 0. The van der Waals surface area contributed by atoms with Crippen LogP contribution >= 0.6 is 0 Å². The molecule has 168 valence electrons. The van der Waals surface area contributed by atoms with E-state index in [1.807, 2.05) is 55.6 Å². The number of aromatic nitrogens is 3. The highest BCUT2D eigenvalue weighted by Gasteiger charge is 2.24. The van der Waals surface area contributed by atoms with Crippen molar-refractivity contribution < 1.29 is 9.90 Å². The molecule has 0 aliphatic heterocycles. The number of fused-ring (bicyclic) bond motifs is 1. The maximum Gasteiger partial charge on any atom is 0.251 e. The number of amides is 1. The molecule has 3 aromatic rings. The molecule has 2 heterocycles. The fourth-order valence-electron chi connectivity index (χ4n) is 3.52. The molecular formula is C25H31N5O2. The summed E-state index contributed by atoms with van der Waals surface area (Å²) < 4.78 is 1.83. The van der Waals surface area contributed by atoms with Gasteiger partial charge in [0.05, 0.1) is 28.9 Å². The van der Waals surface area contributed by atoms with E-state index in [0.717, 1.165) is 46.6 Å². The summed E-state index contributed by atoms with van der Waals surface area (Å²) in [5.41, 5.74) is 5.89. The van der Waals surface area contributed by atoms with Crippen molar-refractivity contribution in [3.05, 3.63) is 53.4 Å². The number of carbonyl (C=O) groups excluding carboxylic acids is 1. The first-order valence-corrected chi connectivity index (χ1v) is 11.1. The fraction of sp³-hybridized carbons (Fsp3) is 0.400. The minimum Gasteiger partial charge on any atom is -0.389 e. The van der Waals surface area contributed by atoms with Gasteiger partial charge in [-0.2, -0.15) is 5.10 Å². The quantitative estimate of drug-likeness (QED) is 0.519. The molecule has 3 N–H and O–H groups in total. The normalized spacial score (nSPS) is 14.6. The Bertz CT molecular complexity index is 1200. The lowest BCUT2D eigenvalue weighted by Crippen LogP contribution is -2.29. The molecule has 1 amide bonds. The second-order valence-electron chi connectivity index (χ2n) is 9.24. The van der Waals surface area contributed by atoms with Gasteiger partial charge < -0.3 is 15.7 Å². The van der Waals surface area contributed by atoms with Crippen LogP contribution in [-0.2, 0) is 0 Å². The third kappa shape index (κ3) is 4.67. The molecule has 0 radical (unpaired) electrons. The van der Waals surface area contributed by atoms with E-state index in [1.165, 1.54) is 0 Å².